The van der Waals surface area contributed by atoms with E-state index < -0.39 is 0 Å². The van der Waals surface area contributed by atoms with Gasteiger partial charge in [-0.25, -0.2) is 9.97 Å². The van der Waals surface area contributed by atoms with Gasteiger partial charge in [0, 0.05) is 31.7 Å². The van der Waals surface area contributed by atoms with Gasteiger partial charge in [-0.15, -0.1) is 11.3 Å². The zero-order valence-corrected chi connectivity index (χ0v) is 13.7. The van der Waals surface area contributed by atoms with Crippen LogP contribution in [0.1, 0.15) is 10.4 Å². The van der Waals surface area contributed by atoms with E-state index in [4.69, 9.17) is 5.73 Å². The molecule has 0 unspecified atom stereocenters. The minimum absolute atomic E-state index is 0.0660. The van der Waals surface area contributed by atoms with E-state index in [1.165, 1.54) is 11.3 Å². The Morgan fingerprint density at radius 2 is 1.83 bits per heavy atom. The Morgan fingerprint density at radius 1 is 1.08 bits per heavy atom. The zero-order valence-electron chi connectivity index (χ0n) is 12.9. The average molecular weight is 340 g/mol. The number of rotatable bonds is 2. The molecule has 7 nitrogen and oxygen atoms in total. The van der Waals surface area contributed by atoms with Gasteiger partial charge in [0.25, 0.3) is 5.91 Å². The van der Waals surface area contributed by atoms with Gasteiger partial charge in [-0.3, -0.25) is 4.79 Å². The maximum Gasteiger partial charge on any atom is 0.253 e. The minimum atomic E-state index is 0.0660. The Labute approximate surface area is 142 Å². The quantitative estimate of drug-likeness (QED) is 0.763. The number of fused-ring (bicyclic) bond motifs is 1. The number of nitrogens with zero attached hydrogens (tertiary/aromatic N) is 5. The van der Waals surface area contributed by atoms with E-state index in [9.17, 15) is 4.79 Å². The highest BCUT2D eigenvalue weighted by atomic mass is 32.1. The van der Waals surface area contributed by atoms with E-state index in [1.54, 1.807) is 5.51 Å². The highest BCUT2D eigenvalue weighted by Crippen LogP contribution is 2.26. The van der Waals surface area contributed by atoms with Gasteiger partial charge in [-0.2, -0.15) is 4.98 Å². The zero-order chi connectivity index (χ0) is 16.5. The fourth-order valence-corrected chi connectivity index (χ4v) is 3.53. The van der Waals surface area contributed by atoms with Crippen LogP contribution in [0.3, 0.4) is 0 Å². The van der Waals surface area contributed by atoms with Crippen LogP contribution in [0.15, 0.2) is 35.8 Å². The molecule has 8 heteroatoms. The molecular formula is C16H16N6OS. The van der Waals surface area contributed by atoms with Gasteiger partial charge < -0.3 is 15.5 Å². The first kappa shape index (κ1) is 14.8. The first-order valence-electron chi connectivity index (χ1n) is 7.68. The number of benzene rings is 1. The van der Waals surface area contributed by atoms with Crippen molar-refractivity contribution in [3.05, 3.63) is 41.4 Å². The number of aromatic nitrogens is 3. The fraction of sp³-hybridized carbons (Fsp3) is 0.250. The molecule has 0 saturated carbocycles. The highest BCUT2D eigenvalue weighted by molar-refractivity contribution is 7.16. The first-order valence-corrected chi connectivity index (χ1v) is 8.56. The molecule has 1 fully saturated rings. The van der Waals surface area contributed by atoms with Gasteiger partial charge in [0.1, 0.15) is 5.52 Å². The number of anilines is 2. The molecule has 2 N–H and O–H groups in total. The number of hydrogen-bond acceptors (Lipinski definition) is 7. The second-order valence-corrected chi connectivity index (χ2v) is 6.39. The summed E-state index contributed by atoms with van der Waals surface area (Å²) >= 11 is 1.45. The third-order valence-electron chi connectivity index (χ3n) is 4.08. The first-order chi connectivity index (χ1) is 11.7. The molecule has 0 aliphatic carbocycles. The summed E-state index contributed by atoms with van der Waals surface area (Å²) < 4.78 is 0. The lowest BCUT2D eigenvalue weighted by atomic mass is 10.2. The molecule has 0 radical (unpaired) electrons. The van der Waals surface area contributed by atoms with Crippen molar-refractivity contribution in [1.29, 1.82) is 0 Å². The van der Waals surface area contributed by atoms with Gasteiger partial charge in [0.05, 0.1) is 5.51 Å². The molecule has 0 atom stereocenters. The molecule has 4 rings (SSSR count). The molecule has 1 amide bonds. The van der Waals surface area contributed by atoms with Crippen LogP contribution in [-0.4, -0.2) is 51.9 Å². The molecule has 0 bridgehead atoms. The number of hydrogen-bond donors (Lipinski definition) is 1. The summed E-state index contributed by atoms with van der Waals surface area (Å²) in [4.78, 5) is 30.2. The fourth-order valence-electron chi connectivity index (χ4n) is 2.87. The summed E-state index contributed by atoms with van der Waals surface area (Å²) in [6.07, 6.45) is 0. The third kappa shape index (κ3) is 2.65. The average Bonchev–Trinajstić information content (AvgIpc) is 3.09. The summed E-state index contributed by atoms with van der Waals surface area (Å²) in [5, 5.41) is 0. The summed E-state index contributed by atoms with van der Waals surface area (Å²) in [5.41, 5.74) is 9.05. The van der Waals surface area contributed by atoms with Crippen molar-refractivity contribution in [2.45, 2.75) is 0 Å². The second-order valence-electron chi connectivity index (χ2n) is 5.56. The maximum absolute atomic E-state index is 12.5. The molecule has 1 saturated heterocycles. The van der Waals surface area contributed by atoms with Crippen LogP contribution in [0.4, 0.5) is 11.8 Å². The number of thiazole rings is 1. The molecule has 1 aliphatic heterocycles. The van der Waals surface area contributed by atoms with Crippen molar-refractivity contribution in [3.63, 3.8) is 0 Å². The second kappa shape index (κ2) is 6.04. The smallest absolute Gasteiger partial charge is 0.253 e. The number of nitrogen functional groups attached to an aromatic ring is 1. The van der Waals surface area contributed by atoms with Gasteiger partial charge in [0.15, 0.2) is 10.6 Å². The van der Waals surface area contributed by atoms with Crippen molar-refractivity contribution >= 4 is 39.4 Å². The predicted molar refractivity (Wildman–Crippen MR) is 94.2 cm³/mol. The van der Waals surface area contributed by atoms with Gasteiger partial charge in [-0.05, 0) is 12.1 Å². The summed E-state index contributed by atoms with van der Waals surface area (Å²) in [6, 6.07) is 9.36. The summed E-state index contributed by atoms with van der Waals surface area (Å²) in [7, 11) is 0. The number of carbonyl (C=O) groups excluding carboxylic acids is 1. The molecule has 1 aliphatic rings. The standard InChI is InChI=1S/C16H16N6OS/c17-16-19-13(12-14(20-16)24-10-18-12)21-6-8-22(9-7-21)15(23)11-4-2-1-3-5-11/h1-5,10H,6-9H2,(H2,17,19,20). The van der Waals surface area contributed by atoms with E-state index in [2.05, 4.69) is 19.9 Å². The van der Waals surface area contributed by atoms with E-state index in [1.807, 2.05) is 35.2 Å². The molecule has 122 valence electrons. The van der Waals surface area contributed by atoms with E-state index >= 15 is 0 Å². The summed E-state index contributed by atoms with van der Waals surface area (Å²) in [6.45, 7) is 2.68. The Bertz CT molecular complexity index is 873. The monoisotopic (exact) mass is 340 g/mol. The molecule has 3 heterocycles. The lowest BCUT2D eigenvalue weighted by Gasteiger charge is -2.35. The van der Waals surface area contributed by atoms with Crippen LogP contribution in [0, 0.1) is 0 Å². The molecule has 1 aromatic carbocycles. The lowest BCUT2D eigenvalue weighted by Crippen LogP contribution is -2.49. The van der Waals surface area contributed by atoms with Crippen molar-refractivity contribution in [2.75, 3.05) is 36.8 Å². The van der Waals surface area contributed by atoms with Crippen LogP contribution in [-0.2, 0) is 0 Å². The molecular weight excluding hydrogens is 324 g/mol. The Kier molecular flexibility index (Phi) is 3.73. The molecule has 0 spiro atoms. The largest absolute Gasteiger partial charge is 0.368 e. The Morgan fingerprint density at radius 3 is 2.58 bits per heavy atom. The van der Waals surface area contributed by atoms with Crippen LogP contribution in [0.5, 0.6) is 0 Å². The third-order valence-corrected chi connectivity index (χ3v) is 4.80. The van der Waals surface area contributed by atoms with Crippen LogP contribution in [0.25, 0.3) is 10.3 Å². The van der Waals surface area contributed by atoms with Crippen molar-refractivity contribution in [3.8, 4) is 0 Å². The van der Waals surface area contributed by atoms with Gasteiger partial charge in [0.2, 0.25) is 5.95 Å². The molecule has 24 heavy (non-hydrogen) atoms. The topological polar surface area (TPSA) is 88.2 Å². The normalized spacial score (nSPS) is 15.0. The van der Waals surface area contributed by atoms with Gasteiger partial charge >= 0.3 is 0 Å². The van der Waals surface area contributed by atoms with Crippen molar-refractivity contribution < 1.29 is 4.79 Å². The van der Waals surface area contributed by atoms with Crippen LogP contribution >= 0.6 is 11.3 Å². The number of amides is 1. The van der Waals surface area contributed by atoms with Crippen LogP contribution < -0.4 is 10.6 Å². The SMILES string of the molecule is Nc1nc(N2CCN(C(=O)c3ccccc3)CC2)c2ncsc2n1. The highest BCUT2D eigenvalue weighted by Gasteiger charge is 2.24. The minimum Gasteiger partial charge on any atom is -0.368 e. The maximum atomic E-state index is 12.5. The molecule has 2 aromatic heterocycles. The summed E-state index contributed by atoms with van der Waals surface area (Å²) in [5.74, 6) is 1.08. The Balaban J connectivity index is 1.52. The lowest BCUT2D eigenvalue weighted by molar-refractivity contribution is 0.0746. The number of piperazine rings is 1. The van der Waals surface area contributed by atoms with E-state index in [0.717, 1.165) is 21.7 Å². The number of nitrogens with two attached hydrogens (primary N) is 1. The molecule has 3 aromatic rings. The van der Waals surface area contributed by atoms with E-state index in [-0.39, 0.29) is 11.9 Å². The predicted octanol–water partition coefficient (Wildman–Crippen LogP) is 1.63. The van der Waals surface area contributed by atoms with Crippen molar-refractivity contribution in [2.24, 2.45) is 0 Å². The van der Waals surface area contributed by atoms with E-state index in [0.29, 0.717) is 26.2 Å². The van der Waals surface area contributed by atoms with Crippen molar-refractivity contribution in [1.82, 2.24) is 19.9 Å². The van der Waals surface area contributed by atoms with Crippen LogP contribution in [0.2, 0.25) is 0 Å². The number of carbonyl (C=O) groups is 1. The van der Waals surface area contributed by atoms with Gasteiger partial charge in [-0.1, -0.05) is 18.2 Å². The Hall–Kier alpha value is -2.74.